The molecule has 0 spiro atoms. The minimum Gasteiger partial charge on any atom is -0.493 e. The maximum absolute atomic E-state index is 12.9. The Balaban J connectivity index is 1.60. The third-order valence-corrected chi connectivity index (χ3v) is 5.67. The van der Waals surface area contributed by atoms with Gasteiger partial charge in [0, 0.05) is 15.8 Å². The molecular weight excluding hydrogens is 520 g/mol. The maximum Gasteiger partial charge on any atom is 0.265 e. The Morgan fingerprint density at radius 1 is 0.971 bits per heavy atom. The first-order valence-electron chi connectivity index (χ1n) is 10.9. The number of amides is 2. The van der Waals surface area contributed by atoms with Gasteiger partial charge in [-0.25, -0.2) is 0 Å². The number of ether oxygens (including phenoxy) is 2. The molecule has 0 heterocycles. The van der Waals surface area contributed by atoms with Gasteiger partial charge in [-0.15, -0.1) is 0 Å². The second kappa shape index (κ2) is 12.4. The van der Waals surface area contributed by atoms with Crippen LogP contribution in [-0.4, -0.2) is 24.5 Å². The lowest BCUT2D eigenvalue weighted by atomic mass is 10.1. The number of carbonyl (C=O) groups excluding carboxylic acids is 2. The lowest BCUT2D eigenvalue weighted by molar-refractivity contribution is -0.122. The van der Waals surface area contributed by atoms with Crippen molar-refractivity contribution in [1.82, 2.24) is 0 Å². The Kier molecular flexibility index (Phi) is 9.36. The zero-order valence-electron chi connectivity index (χ0n) is 18.9. The summed E-state index contributed by atoms with van der Waals surface area (Å²) in [6.45, 7) is 4.27. The standard InChI is InChI=1S/C26H26BrClN2O4/c1-3-4-15-33-23-14-9-18(27)16-21(23)26(32)30-20-12-10-19(11-13-20)29-25(31)17(2)34-24-8-6-5-7-22(24)28/h5-14,16-17H,3-4,15H2,1-2H3,(H,29,31)(H,30,32). The number of anilines is 2. The highest BCUT2D eigenvalue weighted by Gasteiger charge is 2.17. The van der Waals surface area contributed by atoms with Gasteiger partial charge in [-0.3, -0.25) is 9.59 Å². The summed E-state index contributed by atoms with van der Waals surface area (Å²) >= 11 is 9.49. The molecule has 34 heavy (non-hydrogen) atoms. The van der Waals surface area contributed by atoms with Crippen LogP contribution in [0.25, 0.3) is 0 Å². The summed E-state index contributed by atoms with van der Waals surface area (Å²) in [5.74, 6) is 0.368. The van der Waals surface area contributed by atoms with Gasteiger partial charge < -0.3 is 20.1 Å². The van der Waals surface area contributed by atoms with Gasteiger partial charge in [-0.2, -0.15) is 0 Å². The quantitative estimate of drug-likeness (QED) is 0.271. The first kappa shape index (κ1) is 25.6. The molecule has 0 aliphatic carbocycles. The van der Waals surface area contributed by atoms with Crippen molar-refractivity contribution < 1.29 is 19.1 Å². The second-order valence-electron chi connectivity index (χ2n) is 7.55. The summed E-state index contributed by atoms with van der Waals surface area (Å²) in [5.41, 5.74) is 1.60. The average molecular weight is 546 g/mol. The Morgan fingerprint density at radius 2 is 1.65 bits per heavy atom. The van der Waals surface area contributed by atoms with Crippen molar-refractivity contribution in [2.75, 3.05) is 17.2 Å². The van der Waals surface area contributed by atoms with E-state index in [1.807, 2.05) is 6.07 Å². The summed E-state index contributed by atoms with van der Waals surface area (Å²) in [6, 6.07) is 19.1. The molecule has 0 aromatic heterocycles. The summed E-state index contributed by atoms with van der Waals surface area (Å²) in [5, 5.41) is 6.10. The number of benzene rings is 3. The van der Waals surface area contributed by atoms with E-state index < -0.39 is 6.10 Å². The number of para-hydroxylation sites is 1. The predicted molar refractivity (Wildman–Crippen MR) is 139 cm³/mol. The monoisotopic (exact) mass is 544 g/mol. The Labute approximate surface area is 212 Å². The molecule has 0 saturated heterocycles. The third kappa shape index (κ3) is 7.23. The van der Waals surface area contributed by atoms with Crippen molar-refractivity contribution in [3.8, 4) is 11.5 Å². The van der Waals surface area contributed by atoms with Gasteiger partial charge in [0.25, 0.3) is 11.8 Å². The van der Waals surface area contributed by atoms with E-state index in [1.165, 1.54) is 0 Å². The van der Waals surface area contributed by atoms with Crippen molar-refractivity contribution in [3.05, 3.63) is 81.8 Å². The molecule has 2 N–H and O–H groups in total. The van der Waals surface area contributed by atoms with E-state index >= 15 is 0 Å². The van der Waals surface area contributed by atoms with Crippen molar-refractivity contribution in [2.45, 2.75) is 32.8 Å². The number of hydrogen-bond acceptors (Lipinski definition) is 4. The van der Waals surface area contributed by atoms with Crippen molar-refractivity contribution in [2.24, 2.45) is 0 Å². The smallest absolute Gasteiger partial charge is 0.265 e. The number of halogens is 2. The third-order valence-electron chi connectivity index (χ3n) is 4.86. The lowest BCUT2D eigenvalue weighted by Gasteiger charge is -2.16. The fourth-order valence-electron chi connectivity index (χ4n) is 3.00. The Hall–Kier alpha value is -3.03. The van der Waals surface area contributed by atoms with E-state index in [1.54, 1.807) is 67.6 Å². The molecule has 0 aliphatic rings. The van der Waals surface area contributed by atoms with Gasteiger partial charge in [-0.05, 0) is 67.9 Å². The van der Waals surface area contributed by atoms with Crippen LogP contribution in [0, 0.1) is 0 Å². The minimum atomic E-state index is -0.748. The molecule has 1 unspecified atom stereocenters. The first-order chi connectivity index (χ1) is 16.4. The van der Waals surface area contributed by atoms with Gasteiger partial charge in [-0.1, -0.05) is 53.0 Å². The largest absolute Gasteiger partial charge is 0.493 e. The van der Waals surface area contributed by atoms with Gasteiger partial charge >= 0.3 is 0 Å². The van der Waals surface area contributed by atoms with E-state index in [0.717, 1.165) is 17.3 Å². The van der Waals surface area contributed by atoms with Crippen molar-refractivity contribution in [1.29, 1.82) is 0 Å². The highest BCUT2D eigenvalue weighted by Crippen LogP contribution is 2.26. The van der Waals surface area contributed by atoms with Crippen LogP contribution in [0.5, 0.6) is 11.5 Å². The molecule has 0 saturated carbocycles. The van der Waals surface area contributed by atoms with Crippen LogP contribution < -0.4 is 20.1 Å². The summed E-state index contributed by atoms with van der Waals surface area (Å²) in [4.78, 5) is 25.3. The van der Waals surface area contributed by atoms with Crippen LogP contribution in [0.4, 0.5) is 11.4 Å². The molecule has 0 radical (unpaired) electrons. The van der Waals surface area contributed by atoms with Gasteiger partial charge in [0.15, 0.2) is 6.10 Å². The molecule has 6 nitrogen and oxygen atoms in total. The number of hydrogen-bond donors (Lipinski definition) is 2. The molecule has 3 aromatic carbocycles. The van der Waals surface area contributed by atoms with Crippen molar-refractivity contribution >= 4 is 50.7 Å². The molecule has 8 heteroatoms. The zero-order valence-corrected chi connectivity index (χ0v) is 21.3. The Morgan fingerprint density at radius 3 is 2.32 bits per heavy atom. The summed E-state index contributed by atoms with van der Waals surface area (Å²) < 4.78 is 12.2. The maximum atomic E-state index is 12.9. The van der Waals surface area contributed by atoms with Crippen LogP contribution in [-0.2, 0) is 4.79 Å². The first-order valence-corrected chi connectivity index (χ1v) is 12.1. The molecular formula is C26H26BrClN2O4. The van der Waals surface area contributed by atoms with Crippen LogP contribution >= 0.6 is 27.5 Å². The van der Waals surface area contributed by atoms with Gasteiger partial charge in [0.2, 0.25) is 0 Å². The molecule has 178 valence electrons. The van der Waals surface area contributed by atoms with Crippen LogP contribution in [0.2, 0.25) is 5.02 Å². The van der Waals surface area contributed by atoms with Crippen LogP contribution in [0.3, 0.4) is 0 Å². The highest BCUT2D eigenvalue weighted by atomic mass is 79.9. The fraction of sp³-hybridized carbons (Fsp3) is 0.231. The minimum absolute atomic E-state index is 0.286. The highest BCUT2D eigenvalue weighted by molar-refractivity contribution is 9.10. The molecule has 3 rings (SSSR count). The number of rotatable bonds is 10. The molecule has 1 atom stereocenters. The molecule has 0 fully saturated rings. The van der Waals surface area contributed by atoms with Gasteiger partial charge in [0.05, 0.1) is 17.2 Å². The normalized spacial score (nSPS) is 11.4. The summed E-state index contributed by atoms with van der Waals surface area (Å²) in [6.07, 6.45) is 1.17. The second-order valence-corrected chi connectivity index (χ2v) is 8.88. The van der Waals surface area contributed by atoms with E-state index in [-0.39, 0.29) is 11.8 Å². The van der Waals surface area contributed by atoms with E-state index in [9.17, 15) is 9.59 Å². The topological polar surface area (TPSA) is 76.7 Å². The lowest BCUT2D eigenvalue weighted by Crippen LogP contribution is -2.30. The molecule has 3 aromatic rings. The van der Waals surface area contributed by atoms with Crippen molar-refractivity contribution in [3.63, 3.8) is 0 Å². The summed E-state index contributed by atoms with van der Waals surface area (Å²) in [7, 11) is 0. The van der Waals surface area contributed by atoms with Gasteiger partial charge in [0.1, 0.15) is 11.5 Å². The van der Waals surface area contributed by atoms with Crippen LogP contribution in [0.1, 0.15) is 37.0 Å². The molecule has 0 aliphatic heterocycles. The number of carbonyl (C=O) groups is 2. The van der Waals surface area contributed by atoms with Crippen LogP contribution in [0.15, 0.2) is 71.2 Å². The number of unbranched alkanes of at least 4 members (excludes halogenated alkanes) is 1. The fourth-order valence-corrected chi connectivity index (χ4v) is 3.54. The average Bonchev–Trinajstić information content (AvgIpc) is 2.82. The van der Waals surface area contributed by atoms with E-state index in [0.29, 0.717) is 40.1 Å². The van der Waals surface area contributed by atoms with E-state index in [2.05, 4.69) is 33.5 Å². The SMILES string of the molecule is CCCCOc1ccc(Br)cc1C(=O)Nc1ccc(NC(=O)C(C)Oc2ccccc2Cl)cc1. The predicted octanol–water partition coefficient (Wildman–Crippen LogP) is 6.94. The molecule has 2 amide bonds. The zero-order chi connectivity index (χ0) is 24.5. The van der Waals surface area contributed by atoms with E-state index in [4.69, 9.17) is 21.1 Å². The Bertz CT molecular complexity index is 1140. The number of nitrogens with one attached hydrogen (secondary N) is 2. The molecule has 0 bridgehead atoms.